The third kappa shape index (κ3) is 2.05. The number of halogens is 1. The summed E-state index contributed by atoms with van der Waals surface area (Å²) in [5.41, 5.74) is 5.85. The number of nitrogens with zero attached hydrogens (tertiary/aromatic N) is 1. The molecule has 0 unspecified atom stereocenters. The van der Waals surface area contributed by atoms with Crippen molar-refractivity contribution in [3.63, 3.8) is 0 Å². The summed E-state index contributed by atoms with van der Waals surface area (Å²) in [6.07, 6.45) is 1.75. The summed E-state index contributed by atoms with van der Waals surface area (Å²) in [6, 6.07) is 2.77. The van der Waals surface area contributed by atoms with Gasteiger partial charge in [-0.3, -0.25) is 10.1 Å². The molecule has 1 rings (SSSR count). The van der Waals surface area contributed by atoms with E-state index in [1.807, 2.05) is 0 Å². The average molecular weight is 219 g/mol. The molecule has 6 heteroatoms. The first kappa shape index (κ1) is 10.1. The summed E-state index contributed by atoms with van der Waals surface area (Å²) < 4.78 is 0. The molecule has 2 N–H and O–H groups in total. The minimum atomic E-state index is -0.475. The Hall–Kier alpha value is -0.940. The predicted octanol–water partition coefficient (Wildman–Crippen LogP) is 2.55. The van der Waals surface area contributed by atoms with E-state index in [9.17, 15) is 10.1 Å². The molecule has 0 atom stereocenters. The van der Waals surface area contributed by atoms with Crippen LogP contribution in [0, 0.1) is 10.1 Å². The van der Waals surface area contributed by atoms with Crippen molar-refractivity contribution in [2.75, 3.05) is 12.0 Å². The Morgan fingerprint density at radius 2 is 2.23 bits per heavy atom. The summed E-state index contributed by atoms with van der Waals surface area (Å²) in [6.45, 7) is 0. The molecular formula is C7H7ClN2O2S. The van der Waals surface area contributed by atoms with E-state index >= 15 is 0 Å². The number of thioether (sulfide) groups is 1. The van der Waals surface area contributed by atoms with Crippen molar-refractivity contribution in [1.82, 2.24) is 0 Å². The Labute approximate surface area is 84.2 Å². The lowest BCUT2D eigenvalue weighted by Gasteiger charge is -2.02. The Balaban J connectivity index is 3.33. The quantitative estimate of drug-likeness (QED) is 0.359. The summed E-state index contributed by atoms with van der Waals surface area (Å²) in [5, 5.41) is 10.7. The molecule has 0 saturated carbocycles. The van der Waals surface area contributed by atoms with Crippen molar-refractivity contribution < 1.29 is 4.92 Å². The zero-order valence-corrected chi connectivity index (χ0v) is 8.35. The van der Waals surface area contributed by atoms with E-state index in [4.69, 9.17) is 17.3 Å². The van der Waals surface area contributed by atoms with E-state index in [-0.39, 0.29) is 10.7 Å². The molecule has 0 fully saturated rings. The van der Waals surface area contributed by atoms with E-state index in [2.05, 4.69) is 0 Å². The lowest BCUT2D eigenvalue weighted by atomic mass is 10.3. The number of hydrogen-bond donors (Lipinski definition) is 1. The van der Waals surface area contributed by atoms with Gasteiger partial charge in [-0.05, 0) is 12.3 Å². The number of nitro benzene ring substituents is 1. The molecule has 0 spiro atoms. The summed E-state index contributed by atoms with van der Waals surface area (Å²) in [7, 11) is 0. The van der Waals surface area contributed by atoms with Gasteiger partial charge in [-0.2, -0.15) is 0 Å². The number of nitrogens with two attached hydrogens (primary N) is 1. The van der Waals surface area contributed by atoms with E-state index in [0.29, 0.717) is 10.6 Å². The van der Waals surface area contributed by atoms with Crippen LogP contribution >= 0.6 is 23.4 Å². The van der Waals surface area contributed by atoms with Gasteiger partial charge in [0.1, 0.15) is 0 Å². The van der Waals surface area contributed by atoms with Crippen molar-refractivity contribution in [2.45, 2.75) is 4.90 Å². The molecule has 0 radical (unpaired) electrons. The molecule has 0 amide bonds. The van der Waals surface area contributed by atoms with Gasteiger partial charge in [0.05, 0.1) is 20.5 Å². The maximum Gasteiger partial charge on any atom is 0.284 e. The fourth-order valence-corrected chi connectivity index (χ4v) is 1.61. The number of nitro groups is 1. The second-order valence-electron chi connectivity index (χ2n) is 2.30. The Bertz CT molecular complexity index is 357. The number of hydrogen-bond acceptors (Lipinski definition) is 4. The number of anilines is 1. The van der Waals surface area contributed by atoms with Gasteiger partial charge in [0, 0.05) is 6.07 Å². The first-order chi connectivity index (χ1) is 6.06. The molecule has 13 heavy (non-hydrogen) atoms. The van der Waals surface area contributed by atoms with Gasteiger partial charge >= 0.3 is 0 Å². The van der Waals surface area contributed by atoms with Crippen LogP contribution in [0.2, 0.25) is 5.02 Å². The third-order valence-corrected chi connectivity index (χ3v) is 2.59. The largest absolute Gasteiger partial charge is 0.397 e. The zero-order valence-electron chi connectivity index (χ0n) is 6.78. The smallest absolute Gasteiger partial charge is 0.284 e. The Morgan fingerprint density at radius 1 is 1.62 bits per heavy atom. The van der Waals surface area contributed by atoms with Gasteiger partial charge in [-0.15, -0.1) is 11.8 Å². The van der Waals surface area contributed by atoms with Crippen molar-refractivity contribution >= 4 is 34.7 Å². The number of benzene rings is 1. The molecule has 0 bridgehead atoms. The Kier molecular flexibility index (Phi) is 3.00. The summed E-state index contributed by atoms with van der Waals surface area (Å²) in [4.78, 5) is 10.6. The maximum atomic E-state index is 10.5. The topological polar surface area (TPSA) is 69.2 Å². The molecular weight excluding hydrogens is 212 g/mol. The van der Waals surface area contributed by atoms with Crippen LogP contribution in [0.15, 0.2) is 17.0 Å². The third-order valence-electron chi connectivity index (χ3n) is 1.49. The predicted molar refractivity (Wildman–Crippen MR) is 54.3 cm³/mol. The minimum absolute atomic E-state index is 0.00769. The van der Waals surface area contributed by atoms with Gasteiger partial charge in [0.25, 0.3) is 5.69 Å². The summed E-state index contributed by atoms with van der Waals surface area (Å²) in [5.74, 6) is 0. The molecule has 0 saturated heterocycles. The van der Waals surface area contributed by atoms with Crippen molar-refractivity contribution in [3.8, 4) is 0 Å². The van der Waals surface area contributed by atoms with E-state index in [1.165, 1.54) is 23.9 Å². The minimum Gasteiger partial charge on any atom is -0.397 e. The molecule has 70 valence electrons. The van der Waals surface area contributed by atoms with Crippen LogP contribution in [0.5, 0.6) is 0 Å². The monoisotopic (exact) mass is 218 g/mol. The van der Waals surface area contributed by atoms with Gasteiger partial charge in [-0.25, -0.2) is 0 Å². The van der Waals surface area contributed by atoms with E-state index in [0.717, 1.165) is 0 Å². The molecule has 0 heterocycles. The standard InChI is InChI=1S/C7H7ClN2O2S/c1-13-7-3-5(9)4(8)2-6(7)10(11)12/h2-3H,9H2,1H3. The van der Waals surface area contributed by atoms with Crippen LogP contribution in [0.4, 0.5) is 11.4 Å². The van der Waals surface area contributed by atoms with Crippen molar-refractivity contribution in [2.24, 2.45) is 0 Å². The molecule has 0 aliphatic rings. The fraction of sp³-hybridized carbons (Fsp3) is 0.143. The van der Waals surface area contributed by atoms with E-state index < -0.39 is 4.92 Å². The normalized spacial score (nSPS) is 10.0. The van der Waals surface area contributed by atoms with Crippen LogP contribution in [0.25, 0.3) is 0 Å². The van der Waals surface area contributed by atoms with Crippen molar-refractivity contribution in [1.29, 1.82) is 0 Å². The first-order valence-electron chi connectivity index (χ1n) is 3.33. The van der Waals surface area contributed by atoms with Gasteiger partial charge in [0.2, 0.25) is 0 Å². The highest BCUT2D eigenvalue weighted by molar-refractivity contribution is 7.98. The van der Waals surface area contributed by atoms with Gasteiger partial charge < -0.3 is 5.73 Å². The van der Waals surface area contributed by atoms with Crippen LogP contribution in [0.1, 0.15) is 0 Å². The lowest BCUT2D eigenvalue weighted by molar-refractivity contribution is -0.387. The molecule has 1 aromatic carbocycles. The van der Waals surface area contributed by atoms with Crippen LogP contribution in [0.3, 0.4) is 0 Å². The van der Waals surface area contributed by atoms with Crippen LogP contribution in [-0.4, -0.2) is 11.2 Å². The second kappa shape index (κ2) is 3.85. The molecule has 4 nitrogen and oxygen atoms in total. The van der Waals surface area contributed by atoms with Crippen LogP contribution < -0.4 is 5.73 Å². The lowest BCUT2D eigenvalue weighted by Crippen LogP contribution is -1.94. The van der Waals surface area contributed by atoms with Gasteiger partial charge in [0.15, 0.2) is 0 Å². The molecule has 0 aromatic heterocycles. The highest BCUT2D eigenvalue weighted by Crippen LogP contribution is 2.33. The molecule has 0 aliphatic carbocycles. The highest BCUT2D eigenvalue weighted by atomic mass is 35.5. The zero-order chi connectivity index (χ0) is 10.0. The number of nitrogen functional groups attached to an aromatic ring is 1. The highest BCUT2D eigenvalue weighted by Gasteiger charge is 2.15. The molecule has 1 aromatic rings. The van der Waals surface area contributed by atoms with Crippen LogP contribution in [-0.2, 0) is 0 Å². The summed E-state index contributed by atoms with van der Waals surface area (Å²) >= 11 is 6.91. The number of rotatable bonds is 2. The average Bonchev–Trinajstić information content (AvgIpc) is 2.08. The SMILES string of the molecule is CSc1cc(N)c(Cl)cc1[N+](=O)[O-]. The first-order valence-corrected chi connectivity index (χ1v) is 4.94. The second-order valence-corrected chi connectivity index (χ2v) is 3.56. The fourth-order valence-electron chi connectivity index (χ4n) is 0.865. The van der Waals surface area contributed by atoms with E-state index in [1.54, 1.807) is 6.26 Å². The van der Waals surface area contributed by atoms with Crippen molar-refractivity contribution in [3.05, 3.63) is 27.3 Å². The Morgan fingerprint density at radius 3 is 2.69 bits per heavy atom. The molecule has 0 aliphatic heterocycles. The maximum absolute atomic E-state index is 10.5. The van der Waals surface area contributed by atoms with Gasteiger partial charge in [-0.1, -0.05) is 11.6 Å².